The number of aryl methyl sites for hydroxylation is 1. The van der Waals surface area contributed by atoms with Crippen molar-refractivity contribution >= 4 is 28.4 Å². The fraction of sp³-hybridized carbons (Fsp3) is 0.318. The largest absolute Gasteiger partial charge is 0.336 e. The summed E-state index contributed by atoms with van der Waals surface area (Å²) < 4.78 is 1.59. The Morgan fingerprint density at radius 1 is 1.11 bits per heavy atom. The van der Waals surface area contributed by atoms with Crippen molar-refractivity contribution in [3.63, 3.8) is 0 Å². The first-order valence-electron chi connectivity index (χ1n) is 9.26. The van der Waals surface area contributed by atoms with Gasteiger partial charge in [0.05, 0.1) is 22.6 Å². The molecule has 0 N–H and O–H groups in total. The van der Waals surface area contributed by atoms with Crippen LogP contribution in [0.5, 0.6) is 0 Å². The van der Waals surface area contributed by atoms with Crippen LogP contribution >= 0.6 is 11.6 Å². The van der Waals surface area contributed by atoms with Gasteiger partial charge in [0.1, 0.15) is 5.82 Å². The van der Waals surface area contributed by atoms with Gasteiger partial charge in [0.15, 0.2) is 0 Å². The Kier molecular flexibility index (Phi) is 5.57. The minimum absolute atomic E-state index is 0.0107. The number of hydrogen-bond donors (Lipinski definition) is 0. The van der Waals surface area contributed by atoms with E-state index in [4.69, 9.17) is 16.6 Å². The lowest BCUT2D eigenvalue weighted by Gasteiger charge is -2.28. The summed E-state index contributed by atoms with van der Waals surface area (Å²) in [6, 6.07) is 12.3. The molecular formula is C22H24ClN3O2. The molecule has 0 aliphatic heterocycles. The molecule has 3 rings (SSSR count). The van der Waals surface area contributed by atoms with Crippen LogP contribution < -0.4 is 5.56 Å². The second-order valence-electron chi connectivity index (χ2n) is 7.39. The van der Waals surface area contributed by atoms with Crippen molar-refractivity contribution in [3.05, 3.63) is 69.2 Å². The minimum Gasteiger partial charge on any atom is -0.336 e. The lowest BCUT2D eigenvalue weighted by molar-refractivity contribution is -0.135. The van der Waals surface area contributed by atoms with Crippen LogP contribution in [0.3, 0.4) is 0 Å². The van der Waals surface area contributed by atoms with Crippen molar-refractivity contribution in [2.75, 3.05) is 7.05 Å². The number of fused-ring (bicyclic) bond motifs is 1. The fourth-order valence-electron chi connectivity index (χ4n) is 3.17. The summed E-state index contributed by atoms with van der Waals surface area (Å²) in [7, 11) is 1.74. The molecule has 0 bridgehead atoms. The topological polar surface area (TPSA) is 55.2 Å². The number of hydrogen-bond acceptors (Lipinski definition) is 3. The Morgan fingerprint density at radius 2 is 1.75 bits per heavy atom. The van der Waals surface area contributed by atoms with Crippen molar-refractivity contribution in [2.45, 2.75) is 33.7 Å². The molecule has 2 aromatic carbocycles. The average molecular weight is 398 g/mol. The van der Waals surface area contributed by atoms with E-state index < -0.39 is 6.04 Å². The summed E-state index contributed by atoms with van der Waals surface area (Å²) in [5.74, 6) is 0.338. The van der Waals surface area contributed by atoms with E-state index in [0.717, 1.165) is 5.56 Å². The Balaban J connectivity index is 2.29. The SMILES string of the molecule is Cc1ccc(-n2c(C(C)N(C)C(=O)C(C)C)nc3cc(Cl)ccc3c2=O)cc1. The number of halogens is 1. The van der Waals surface area contributed by atoms with Gasteiger partial charge in [0.25, 0.3) is 5.56 Å². The van der Waals surface area contributed by atoms with Gasteiger partial charge >= 0.3 is 0 Å². The number of aromatic nitrogens is 2. The van der Waals surface area contributed by atoms with Gasteiger partial charge in [0, 0.05) is 18.0 Å². The first-order chi connectivity index (χ1) is 13.2. The molecule has 0 aliphatic rings. The summed E-state index contributed by atoms with van der Waals surface area (Å²) in [6.07, 6.45) is 0. The normalized spacial score (nSPS) is 12.4. The molecule has 146 valence electrons. The van der Waals surface area contributed by atoms with Crippen molar-refractivity contribution in [1.29, 1.82) is 0 Å². The van der Waals surface area contributed by atoms with Crippen molar-refractivity contribution in [3.8, 4) is 5.69 Å². The van der Waals surface area contributed by atoms with Crippen LogP contribution in [0.1, 0.15) is 38.2 Å². The molecule has 0 spiro atoms. The zero-order chi connectivity index (χ0) is 20.6. The Labute approximate surface area is 169 Å². The molecule has 0 fully saturated rings. The second-order valence-corrected chi connectivity index (χ2v) is 7.82. The van der Waals surface area contributed by atoms with Crippen LogP contribution in [-0.4, -0.2) is 27.4 Å². The molecular weight excluding hydrogens is 374 g/mol. The van der Waals surface area contributed by atoms with Crippen molar-refractivity contribution in [1.82, 2.24) is 14.5 Å². The average Bonchev–Trinajstić information content (AvgIpc) is 2.66. The molecule has 0 radical (unpaired) electrons. The fourth-order valence-corrected chi connectivity index (χ4v) is 3.34. The van der Waals surface area contributed by atoms with Crippen LogP contribution in [0.2, 0.25) is 5.02 Å². The molecule has 6 heteroatoms. The highest BCUT2D eigenvalue weighted by Crippen LogP contribution is 2.24. The first-order valence-corrected chi connectivity index (χ1v) is 9.64. The van der Waals surface area contributed by atoms with E-state index in [0.29, 0.717) is 27.4 Å². The number of benzene rings is 2. The highest BCUT2D eigenvalue weighted by atomic mass is 35.5. The van der Waals surface area contributed by atoms with E-state index in [1.165, 1.54) is 0 Å². The zero-order valence-electron chi connectivity index (χ0n) is 16.7. The first kappa shape index (κ1) is 20.1. The summed E-state index contributed by atoms with van der Waals surface area (Å²) >= 11 is 6.12. The summed E-state index contributed by atoms with van der Waals surface area (Å²) in [5.41, 5.74) is 2.15. The minimum atomic E-state index is -0.396. The van der Waals surface area contributed by atoms with E-state index in [-0.39, 0.29) is 17.4 Å². The van der Waals surface area contributed by atoms with E-state index in [1.54, 1.807) is 34.7 Å². The van der Waals surface area contributed by atoms with Gasteiger partial charge in [-0.05, 0) is 44.2 Å². The van der Waals surface area contributed by atoms with Crippen LogP contribution in [0.25, 0.3) is 16.6 Å². The van der Waals surface area contributed by atoms with Gasteiger partial charge in [-0.1, -0.05) is 43.1 Å². The molecule has 1 aromatic heterocycles. The van der Waals surface area contributed by atoms with Crippen LogP contribution in [-0.2, 0) is 4.79 Å². The van der Waals surface area contributed by atoms with Gasteiger partial charge < -0.3 is 4.90 Å². The van der Waals surface area contributed by atoms with E-state index in [9.17, 15) is 9.59 Å². The van der Waals surface area contributed by atoms with E-state index in [2.05, 4.69) is 0 Å². The summed E-state index contributed by atoms with van der Waals surface area (Å²) in [5, 5.41) is 0.997. The summed E-state index contributed by atoms with van der Waals surface area (Å²) in [4.78, 5) is 32.3. The maximum atomic E-state index is 13.4. The molecule has 28 heavy (non-hydrogen) atoms. The molecule has 0 aliphatic carbocycles. The number of rotatable bonds is 4. The van der Waals surface area contributed by atoms with Gasteiger partial charge in [-0.3, -0.25) is 14.2 Å². The Morgan fingerprint density at radius 3 is 2.36 bits per heavy atom. The van der Waals surface area contributed by atoms with E-state index >= 15 is 0 Å². The predicted octanol–water partition coefficient (Wildman–Crippen LogP) is 4.52. The molecule has 0 saturated carbocycles. The van der Waals surface area contributed by atoms with E-state index in [1.807, 2.05) is 52.0 Å². The molecule has 1 atom stereocenters. The maximum absolute atomic E-state index is 13.4. The molecule has 1 amide bonds. The third kappa shape index (κ3) is 3.67. The monoisotopic (exact) mass is 397 g/mol. The Hall–Kier alpha value is -2.66. The quantitative estimate of drug-likeness (QED) is 0.650. The lowest BCUT2D eigenvalue weighted by atomic mass is 10.1. The second kappa shape index (κ2) is 7.76. The lowest BCUT2D eigenvalue weighted by Crippen LogP contribution is -2.36. The molecule has 3 aromatic rings. The Bertz CT molecular complexity index is 1090. The highest BCUT2D eigenvalue weighted by molar-refractivity contribution is 6.31. The van der Waals surface area contributed by atoms with Crippen LogP contribution in [0, 0.1) is 12.8 Å². The smallest absolute Gasteiger partial charge is 0.266 e. The van der Waals surface area contributed by atoms with Gasteiger partial charge in [-0.2, -0.15) is 0 Å². The number of carbonyl (C=O) groups is 1. The third-order valence-corrected chi connectivity index (χ3v) is 5.18. The zero-order valence-corrected chi connectivity index (χ0v) is 17.5. The van der Waals surface area contributed by atoms with Crippen molar-refractivity contribution < 1.29 is 4.79 Å². The molecule has 5 nitrogen and oxygen atoms in total. The molecule has 0 saturated heterocycles. The van der Waals surface area contributed by atoms with Crippen LogP contribution in [0.15, 0.2) is 47.3 Å². The standard InChI is InChI=1S/C22H24ClN3O2/c1-13(2)21(27)25(5)15(4)20-24-19-12-16(23)8-11-18(19)22(28)26(20)17-9-6-14(3)7-10-17/h6-13,15H,1-5H3. The predicted molar refractivity (Wildman–Crippen MR) is 113 cm³/mol. The molecule has 1 heterocycles. The molecule has 1 unspecified atom stereocenters. The summed E-state index contributed by atoms with van der Waals surface area (Å²) in [6.45, 7) is 7.58. The van der Waals surface area contributed by atoms with Crippen LogP contribution in [0.4, 0.5) is 0 Å². The van der Waals surface area contributed by atoms with Gasteiger partial charge in [0.2, 0.25) is 5.91 Å². The highest BCUT2D eigenvalue weighted by Gasteiger charge is 2.25. The van der Waals surface area contributed by atoms with Gasteiger partial charge in [-0.25, -0.2) is 4.98 Å². The number of carbonyl (C=O) groups excluding carboxylic acids is 1. The number of nitrogens with zero attached hydrogens (tertiary/aromatic N) is 3. The van der Waals surface area contributed by atoms with Crippen molar-refractivity contribution in [2.24, 2.45) is 5.92 Å². The third-order valence-electron chi connectivity index (χ3n) is 4.95. The van der Waals surface area contributed by atoms with Gasteiger partial charge in [-0.15, -0.1) is 0 Å². The number of amides is 1. The maximum Gasteiger partial charge on any atom is 0.266 e.